The number of hydrogen-bond acceptors (Lipinski definition) is 20. The van der Waals surface area contributed by atoms with Crippen LogP contribution >= 0.6 is 0 Å². The van der Waals surface area contributed by atoms with E-state index < -0.39 is 190 Å². The van der Waals surface area contributed by atoms with Crippen LogP contribution in [-0.4, -0.2) is 144 Å². The molecule has 18 fully saturated rings. The van der Waals surface area contributed by atoms with Crippen LogP contribution in [0.2, 0.25) is 0 Å². The number of carbonyl (C=O) groups is 10. The molecule has 3 aliphatic heterocycles. The first kappa shape index (κ1) is 71.5. The van der Waals surface area contributed by atoms with Crippen LogP contribution in [0.25, 0.3) is 0 Å². The predicted molar refractivity (Wildman–Crippen MR) is 319 cm³/mol. The van der Waals surface area contributed by atoms with Crippen LogP contribution in [0.5, 0.6) is 0 Å². The first-order chi connectivity index (χ1) is 46.3. The highest BCUT2D eigenvalue weighted by atomic mass is 19.3. The molecule has 99 heavy (non-hydrogen) atoms. The molecule has 18 rings (SSSR count). The molecular weight excluding hydrogens is 1320 g/mol. The van der Waals surface area contributed by atoms with Crippen molar-refractivity contribution in [2.24, 2.45) is 118 Å². The van der Waals surface area contributed by atoms with Gasteiger partial charge in [-0.05, 0) is 176 Å². The van der Waals surface area contributed by atoms with Crippen molar-refractivity contribution in [2.45, 2.75) is 254 Å². The van der Waals surface area contributed by atoms with E-state index in [0.717, 1.165) is 121 Å². The number of methoxy groups -OCH3 is 1. The van der Waals surface area contributed by atoms with Gasteiger partial charge in [0.1, 0.15) is 53.4 Å². The highest BCUT2D eigenvalue weighted by Gasteiger charge is 2.75. The van der Waals surface area contributed by atoms with Crippen molar-refractivity contribution in [3.05, 3.63) is 0 Å². The second-order valence-corrected chi connectivity index (χ2v) is 32.7. The van der Waals surface area contributed by atoms with Gasteiger partial charge in [0.25, 0.3) is 0 Å². The minimum Gasteiger partial charge on any atom is -0.465 e. The quantitative estimate of drug-likeness (QED) is 0.0838. The smallest absolute Gasteiger partial charge is 0.377 e. The summed E-state index contributed by atoms with van der Waals surface area (Å²) in [5.41, 5.74) is -1.57. The zero-order valence-corrected chi connectivity index (χ0v) is 56.8. The topological polar surface area (TPSA) is 263 Å². The number of hydrogen-bond donors (Lipinski definition) is 0. The lowest BCUT2D eigenvalue weighted by Crippen LogP contribution is -2.60. The Morgan fingerprint density at radius 2 is 0.727 bits per heavy atom. The van der Waals surface area contributed by atoms with Crippen molar-refractivity contribution in [1.82, 2.24) is 0 Å². The van der Waals surface area contributed by atoms with E-state index in [4.69, 9.17) is 42.6 Å². The molecule has 3 heterocycles. The van der Waals surface area contributed by atoms with Crippen LogP contribution in [0.1, 0.15) is 177 Å². The summed E-state index contributed by atoms with van der Waals surface area (Å²) >= 11 is 0. The fraction of sp³-hybridized carbons (Fsp3) is 0.859. The fourth-order valence-electron chi connectivity index (χ4n) is 22.9. The highest BCUT2D eigenvalue weighted by molar-refractivity contribution is 5.89. The summed E-state index contributed by atoms with van der Waals surface area (Å²) in [4.78, 5) is 123. The van der Waals surface area contributed by atoms with Gasteiger partial charge in [0.15, 0.2) is 0 Å². The molecule has 15 aliphatic carbocycles. The summed E-state index contributed by atoms with van der Waals surface area (Å²) in [5, 5.41) is 0. The van der Waals surface area contributed by atoms with Gasteiger partial charge in [-0.2, -0.15) is 35.1 Å². The van der Waals surface area contributed by atoms with E-state index in [9.17, 15) is 83.1 Å². The third-order valence-corrected chi connectivity index (χ3v) is 27.0. The molecule has 0 spiro atoms. The summed E-state index contributed by atoms with van der Waals surface area (Å²) in [7, 11) is 0.916. The standard InChI is InChI=1S/C24H30F2O6.C23H28F2O6.C20H26F2O6.C4H6F2O2/c1-3-24(12-5-10-4-11(7-12)8-13(24)6-10)32-21(28)17-15-9-14-16(17)20(27)30-18(14)19(15)31-22(29)23(2,25)26;1-22(11-4-9-3-10(6-11)7-12(22)5-9)31-20(27)16-14-8-13-15(16)19(26)29-17(13)18(14)30-21(28)23(2,24)25;1-3-20(7-5-4-6-8-20)28-17(24)13-11-9-10-12(13)16(23)26-14(10)15(11)27-18(25)19(2,21)22;1-4(5,6)3(7)8-2/h10-19H,3-9H2,1-2H3;9-18H,3-8H2,1-2H3;10-15H,3-9H2,1-2H3;1-2H3. The molecule has 0 amide bonds. The molecule has 0 N–H and O–H groups in total. The molecule has 20 nitrogen and oxygen atoms in total. The molecule has 0 aromatic carbocycles. The summed E-state index contributed by atoms with van der Waals surface area (Å²) in [6, 6.07) is 0. The Balaban J connectivity index is 0.000000126. The third kappa shape index (κ3) is 12.3. The Bertz CT molecular complexity index is 3200. The van der Waals surface area contributed by atoms with E-state index >= 15 is 0 Å². The van der Waals surface area contributed by atoms with Crippen LogP contribution in [0.3, 0.4) is 0 Å². The Hall–Kier alpha value is -5.86. The molecule has 18 atom stereocenters. The van der Waals surface area contributed by atoms with Crippen molar-refractivity contribution >= 4 is 59.7 Å². The normalized spacial score (nSPS) is 43.9. The molecule has 0 radical (unpaired) electrons. The van der Waals surface area contributed by atoms with Gasteiger partial charge in [0, 0.05) is 63.2 Å². The van der Waals surface area contributed by atoms with Crippen molar-refractivity contribution in [1.29, 1.82) is 0 Å². The van der Waals surface area contributed by atoms with Crippen molar-refractivity contribution < 1.29 is 130 Å². The van der Waals surface area contributed by atoms with Gasteiger partial charge in [-0.15, -0.1) is 0 Å². The van der Waals surface area contributed by atoms with Crippen LogP contribution in [-0.2, 0) is 95.3 Å². The lowest BCUT2D eigenvalue weighted by atomic mass is 9.49. The molecule has 0 aromatic rings. The van der Waals surface area contributed by atoms with Crippen molar-refractivity contribution in [3.8, 4) is 0 Å². The Kier molecular flexibility index (Phi) is 18.2. The Labute approximate surface area is 567 Å². The minimum absolute atomic E-state index is 0.287. The second-order valence-electron chi connectivity index (χ2n) is 32.7. The van der Waals surface area contributed by atoms with E-state index in [0.29, 0.717) is 77.0 Å². The number of alkyl halides is 8. The fourth-order valence-corrected chi connectivity index (χ4v) is 22.9. The second kappa shape index (κ2) is 25.2. The zero-order chi connectivity index (χ0) is 71.5. The van der Waals surface area contributed by atoms with Gasteiger partial charge in [-0.25, -0.2) is 19.2 Å². The molecule has 18 aliphatic rings. The summed E-state index contributed by atoms with van der Waals surface area (Å²) < 4.78 is 157. The molecule has 15 saturated carbocycles. The number of fused-ring (bicyclic) bond motifs is 3. The molecule has 28 heteroatoms. The average Bonchev–Trinajstić information content (AvgIpc) is 1.62. The third-order valence-electron chi connectivity index (χ3n) is 27.0. The predicted octanol–water partition coefficient (Wildman–Crippen LogP) is 10.5. The monoisotopic (exact) mass is 1410 g/mol. The molecule has 550 valence electrons. The van der Waals surface area contributed by atoms with Crippen LogP contribution < -0.4 is 0 Å². The maximum atomic E-state index is 13.6. The minimum atomic E-state index is -3.65. The number of halogens is 8. The van der Waals surface area contributed by atoms with Crippen LogP contribution in [0.15, 0.2) is 0 Å². The van der Waals surface area contributed by atoms with E-state index in [2.05, 4.69) is 11.7 Å². The average molecular weight is 1420 g/mol. The number of rotatable bonds is 15. The van der Waals surface area contributed by atoms with Gasteiger partial charge >= 0.3 is 83.4 Å². The largest absolute Gasteiger partial charge is 0.465 e. The molecule has 14 bridgehead atoms. The first-order valence-corrected chi connectivity index (χ1v) is 35.9. The Morgan fingerprint density at radius 1 is 0.414 bits per heavy atom. The summed E-state index contributed by atoms with van der Waals surface area (Å²) in [6.07, 6.45) is 13.4. The number of carbonyl (C=O) groups excluding carboxylic acids is 10. The van der Waals surface area contributed by atoms with Gasteiger partial charge in [0.2, 0.25) is 0 Å². The van der Waals surface area contributed by atoms with E-state index in [-0.39, 0.29) is 17.8 Å². The zero-order valence-electron chi connectivity index (χ0n) is 56.8. The Morgan fingerprint density at radius 3 is 1.02 bits per heavy atom. The lowest BCUT2D eigenvalue weighted by molar-refractivity contribution is -0.218. The SMILES string of the molecule is CC(F)(F)C(=O)OC1C2CC3C1OC(=O)C3C2C(=O)OC1(C)C2CC3CC(C2)CC1C3.CCC1(OC(=O)C2C3CC4C(OC(=O)C42)C3OC(=O)C(C)(F)F)C2CC3CC(C2)CC1C3.CCC1(OC(=O)C2C3CC4C(OC(=O)C42)C3OC(=O)C(C)(F)F)CCCCC1.COC(=O)C(C)(F)F. The molecular formula is C71H90F8O20. The lowest BCUT2D eigenvalue weighted by Gasteiger charge is -2.60. The maximum absolute atomic E-state index is 13.6. The van der Waals surface area contributed by atoms with Crippen LogP contribution in [0, 0.1) is 118 Å². The van der Waals surface area contributed by atoms with Gasteiger partial charge in [-0.3, -0.25) is 28.8 Å². The van der Waals surface area contributed by atoms with Crippen LogP contribution in [0.4, 0.5) is 35.1 Å². The van der Waals surface area contributed by atoms with Crippen molar-refractivity contribution in [2.75, 3.05) is 7.11 Å². The summed E-state index contributed by atoms with van der Waals surface area (Å²) in [5.74, 6) is -26.1. The molecule has 3 saturated heterocycles. The van der Waals surface area contributed by atoms with Crippen molar-refractivity contribution in [3.63, 3.8) is 0 Å². The van der Waals surface area contributed by atoms with Gasteiger partial charge in [0.05, 0.1) is 42.6 Å². The highest BCUT2D eigenvalue weighted by Crippen LogP contribution is 2.66. The summed E-state index contributed by atoms with van der Waals surface area (Å²) in [6.45, 7) is 8.00. The van der Waals surface area contributed by atoms with E-state index in [1.165, 1.54) is 12.8 Å². The van der Waals surface area contributed by atoms with Gasteiger partial charge < -0.3 is 47.4 Å². The van der Waals surface area contributed by atoms with E-state index in [1.807, 2.05) is 13.8 Å². The molecule has 0 aromatic heterocycles. The number of ether oxygens (including phenoxy) is 10. The van der Waals surface area contributed by atoms with Gasteiger partial charge in [-0.1, -0.05) is 20.3 Å². The molecule has 18 unspecified atom stereocenters. The first-order valence-electron chi connectivity index (χ1n) is 35.9. The number of esters is 10. The van der Waals surface area contributed by atoms with E-state index in [1.54, 1.807) is 0 Å². The maximum Gasteiger partial charge on any atom is 0.377 e.